The molecule has 0 radical (unpaired) electrons. The lowest BCUT2D eigenvalue weighted by Gasteiger charge is -2.20. The number of rotatable bonds is 10. The van der Waals surface area contributed by atoms with E-state index in [2.05, 4.69) is 16.0 Å². The average molecular weight is 486 g/mol. The van der Waals surface area contributed by atoms with Gasteiger partial charge in [-0.3, -0.25) is 14.4 Å². The number of nitrogens with one attached hydrogen (secondary N) is 3. The van der Waals surface area contributed by atoms with Crippen molar-refractivity contribution in [1.29, 1.82) is 0 Å². The molecule has 0 aliphatic heterocycles. The molecule has 36 heavy (non-hydrogen) atoms. The maximum absolute atomic E-state index is 12.8. The summed E-state index contributed by atoms with van der Waals surface area (Å²) in [5.74, 6) is -1.98. The predicted octanol–water partition coefficient (Wildman–Crippen LogP) is 3.44. The summed E-state index contributed by atoms with van der Waals surface area (Å²) in [6.07, 6.45) is 1.18. The Morgan fingerprint density at radius 3 is 1.69 bits per heavy atom. The van der Waals surface area contributed by atoms with Gasteiger partial charge in [-0.2, -0.15) is 0 Å². The third-order valence-electron chi connectivity index (χ3n) is 5.06. The van der Waals surface area contributed by atoms with Gasteiger partial charge in [-0.05, 0) is 43.3 Å². The summed E-state index contributed by atoms with van der Waals surface area (Å²) in [5, 5.41) is 8.03. The van der Waals surface area contributed by atoms with Gasteiger partial charge in [-0.25, -0.2) is 4.79 Å². The van der Waals surface area contributed by atoms with Crippen molar-refractivity contribution in [3.05, 3.63) is 120 Å². The Kier molecular flexibility index (Phi) is 9.52. The van der Waals surface area contributed by atoms with E-state index in [9.17, 15) is 19.2 Å². The molecule has 1 atom stereocenters. The van der Waals surface area contributed by atoms with Crippen LogP contribution >= 0.6 is 0 Å². The SMILES string of the molecule is CCOC(=O)[C@H](C/C(=C\NC(=O)c1ccccc1)NC(=O)c1ccccc1)NC(=O)c1ccccc1. The third kappa shape index (κ3) is 7.66. The van der Waals surface area contributed by atoms with Crippen LogP contribution < -0.4 is 16.0 Å². The van der Waals surface area contributed by atoms with Gasteiger partial charge in [0.2, 0.25) is 0 Å². The Balaban J connectivity index is 1.84. The maximum Gasteiger partial charge on any atom is 0.329 e. The Labute approximate surface area is 209 Å². The molecule has 3 rings (SSSR count). The van der Waals surface area contributed by atoms with Gasteiger partial charge in [0.25, 0.3) is 17.7 Å². The highest BCUT2D eigenvalue weighted by Crippen LogP contribution is 2.10. The molecule has 0 heterocycles. The summed E-state index contributed by atoms with van der Waals surface area (Å²) in [6.45, 7) is 1.76. The molecule has 3 aromatic carbocycles. The van der Waals surface area contributed by atoms with Crippen LogP contribution in [0.3, 0.4) is 0 Å². The number of esters is 1. The van der Waals surface area contributed by atoms with Gasteiger partial charge in [0, 0.05) is 35.0 Å². The van der Waals surface area contributed by atoms with Gasteiger partial charge in [0.05, 0.1) is 6.61 Å². The van der Waals surface area contributed by atoms with E-state index in [4.69, 9.17) is 4.74 Å². The Hall–Kier alpha value is -4.72. The van der Waals surface area contributed by atoms with Gasteiger partial charge < -0.3 is 20.7 Å². The molecular formula is C28H27N3O5. The zero-order valence-electron chi connectivity index (χ0n) is 19.8. The van der Waals surface area contributed by atoms with Crippen molar-refractivity contribution in [2.45, 2.75) is 19.4 Å². The second-order valence-electron chi connectivity index (χ2n) is 7.68. The molecule has 0 fully saturated rings. The van der Waals surface area contributed by atoms with Gasteiger partial charge in [-0.15, -0.1) is 0 Å². The molecule has 0 saturated carbocycles. The van der Waals surface area contributed by atoms with Crippen molar-refractivity contribution in [3.8, 4) is 0 Å². The average Bonchev–Trinajstić information content (AvgIpc) is 2.92. The van der Waals surface area contributed by atoms with E-state index in [1.165, 1.54) is 6.20 Å². The zero-order chi connectivity index (χ0) is 25.8. The molecule has 0 aromatic heterocycles. The summed E-state index contributed by atoms with van der Waals surface area (Å²) >= 11 is 0. The lowest BCUT2D eigenvalue weighted by Crippen LogP contribution is -2.43. The van der Waals surface area contributed by atoms with Crippen LogP contribution in [0.1, 0.15) is 44.4 Å². The summed E-state index contributed by atoms with van der Waals surface area (Å²) < 4.78 is 5.15. The fourth-order valence-electron chi connectivity index (χ4n) is 3.27. The van der Waals surface area contributed by atoms with E-state index in [0.717, 1.165) is 0 Å². The molecule has 3 amide bonds. The molecule has 3 N–H and O–H groups in total. The molecule has 8 nitrogen and oxygen atoms in total. The highest BCUT2D eigenvalue weighted by molar-refractivity contribution is 5.98. The minimum atomic E-state index is -1.12. The first-order chi connectivity index (χ1) is 17.5. The Bertz CT molecular complexity index is 1210. The van der Waals surface area contributed by atoms with Crippen LogP contribution in [0.15, 0.2) is 103 Å². The van der Waals surface area contributed by atoms with Crippen molar-refractivity contribution in [2.24, 2.45) is 0 Å². The smallest absolute Gasteiger partial charge is 0.329 e. The lowest BCUT2D eigenvalue weighted by atomic mass is 10.1. The number of amides is 3. The minimum Gasteiger partial charge on any atom is -0.464 e. The fourth-order valence-corrected chi connectivity index (χ4v) is 3.27. The van der Waals surface area contributed by atoms with Crippen molar-refractivity contribution >= 4 is 23.7 Å². The number of carbonyl (C=O) groups is 4. The Morgan fingerprint density at radius 1 is 0.722 bits per heavy atom. The van der Waals surface area contributed by atoms with Crippen molar-refractivity contribution in [3.63, 3.8) is 0 Å². The number of benzene rings is 3. The van der Waals surface area contributed by atoms with Gasteiger partial charge in [-0.1, -0.05) is 54.6 Å². The zero-order valence-corrected chi connectivity index (χ0v) is 19.8. The monoisotopic (exact) mass is 485 g/mol. The van der Waals surface area contributed by atoms with Crippen molar-refractivity contribution in [1.82, 2.24) is 16.0 Å². The van der Waals surface area contributed by atoms with Crippen LogP contribution in [0.25, 0.3) is 0 Å². The molecule has 0 aliphatic rings. The van der Waals surface area contributed by atoms with E-state index in [1.54, 1.807) is 97.9 Å². The van der Waals surface area contributed by atoms with Crippen molar-refractivity contribution < 1.29 is 23.9 Å². The van der Waals surface area contributed by atoms with Crippen LogP contribution in [-0.4, -0.2) is 36.3 Å². The van der Waals surface area contributed by atoms with E-state index in [0.29, 0.717) is 16.7 Å². The van der Waals surface area contributed by atoms with Gasteiger partial charge in [0.15, 0.2) is 0 Å². The molecule has 8 heteroatoms. The molecule has 0 saturated heterocycles. The van der Waals surface area contributed by atoms with Gasteiger partial charge >= 0.3 is 5.97 Å². The second-order valence-corrected chi connectivity index (χ2v) is 7.68. The van der Waals surface area contributed by atoms with Crippen molar-refractivity contribution in [2.75, 3.05) is 6.61 Å². The minimum absolute atomic E-state index is 0.108. The number of ether oxygens (including phenoxy) is 1. The van der Waals surface area contributed by atoms with Gasteiger partial charge in [0.1, 0.15) is 6.04 Å². The lowest BCUT2D eigenvalue weighted by molar-refractivity contribution is -0.145. The first kappa shape index (κ1) is 25.9. The molecule has 0 aliphatic carbocycles. The standard InChI is InChI=1S/C28H27N3O5/c1-2-36-28(35)24(31-27(34)22-16-10-5-11-17-22)18-23(30-26(33)21-14-8-4-9-15-21)19-29-25(32)20-12-6-3-7-13-20/h3-17,19,24H,2,18H2,1H3,(H,29,32)(H,30,33)(H,31,34)/b23-19+/t24-/m0/s1. The van der Waals surface area contributed by atoms with E-state index in [-0.39, 0.29) is 18.7 Å². The normalized spacial score (nSPS) is 11.6. The maximum atomic E-state index is 12.8. The van der Waals surface area contributed by atoms with E-state index >= 15 is 0 Å². The van der Waals surface area contributed by atoms with Crippen LogP contribution in [-0.2, 0) is 9.53 Å². The Morgan fingerprint density at radius 2 is 1.19 bits per heavy atom. The molecule has 0 bridgehead atoms. The second kappa shape index (κ2) is 13.2. The predicted molar refractivity (Wildman–Crippen MR) is 135 cm³/mol. The van der Waals surface area contributed by atoms with Crippen LogP contribution in [0.4, 0.5) is 0 Å². The number of hydrogen-bond donors (Lipinski definition) is 3. The number of carbonyl (C=O) groups excluding carboxylic acids is 4. The summed E-state index contributed by atoms with van der Waals surface area (Å²) in [7, 11) is 0. The first-order valence-electron chi connectivity index (χ1n) is 11.4. The summed E-state index contributed by atoms with van der Waals surface area (Å²) in [5.41, 5.74) is 1.38. The van der Waals surface area contributed by atoms with Crippen LogP contribution in [0.5, 0.6) is 0 Å². The molecule has 184 valence electrons. The third-order valence-corrected chi connectivity index (χ3v) is 5.06. The summed E-state index contributed by atoms with van der Waals surface area (Å²) in [4.78, 5) is 50.8. The molecular weight excluding hydrogens is 458 g/mol. The van der Waals surface area contributed by atoms with E-state index < -0.39 is 29.7 Å². The first-order valence-corrected chi connectivity index (χ1v) is 11.4. The largest absolute Gasteiger partial charge is 0.464 e. The fraction of sp³-hybridized carbons (Fsp3) is 0.143. The molecule has 0 unspecified atom stereocenters. The van der Waals surface area contributed by atoms with E-state index in [1.807, 2.05) is 0 Å². The number of hydrogen-bond acceptors (Lipinski definition) is 5. The topological polar surface area (TPSA) is 114 Å². The quantitative estimate of drug-likeness (QED) is 0.381. The van der Waals surface area contributed by atoms with Crippen LogP contribution in [0.2, 0.25) is 0 Å². The van der Waals surface area contributed by atoms with Crippen LogP contribution in [0, 0.1) is 0 Å². The highest BCUT2D eigenvalue weighted by atomic mass is 16.5. The molecule has 0 spiro atoms. The highest BCUT2D eigenvalue weighted by Gasteiger charge is 2.25. The summed E-state index contributed by atoms with van der Waals surface area (Å²) in [6, 6.07) is 24.3. The molecule has 3 aromatic rings.